The second-order valence-electron chi connectivity index (χ2n) is 8.24. The molecule has 2 aliphatic rings. The Morgan fingerprint density at radius 1 is 1.15 bits per heavy atom. The summed E-state index contributed by atoms with van der Waals surface area (Å²) >= 11 is 0. The maximum absolute atomic E-state index is 12.8. The smallest absolute Gasteiger partial charge is 0.253 e. The van der Waals surface area contributed by atoms with E-state index in [1.165, 1.54) is 19.0 Å². The summed E-state index contributed by atoms with van der Waals surface area (Å²) in [5.74, 6) is 1.93. The Morgan fingerprint density at radius 3 is 2.82 bits per heavy atom. The zero-order valence-corrected chi connectivity index (χ0v) is 18.3. The summed E-state index contributed by atoms with van der Waals surface area (Å²) in [6, 6.07) is 9.28. The zero-order valence-electron chi connectivity index (χ0n) is 18.3. The molecule has 1 saturated carbocycles. The minimum atomic E-state index is -0.222. The van der Waals surface area contributed by atoms with Crippen LogP contribution in [0.2, 0.25) is 0 Å². The summed E-state index contributed by atoms with van der Waals surface area (Å²) in [5, 5.41) is 11.1. The number of morpholine rings is 1. The summed E-state index contributed by atoms with van der Waals surface area (Å²) < 4.78 is 11.1. The van der Waals surface area contributed by atoms with Gasteiger partial charge in [-0.3, -0.25) is 4.79 Å². The van der Waals surface area contributed by atoms with E-state index in [2.05, 4.69) is 30.4 Å². The van der Waals surface area contributed by atoms with Gasteiger partial charge in [0.2, 0.25) is 5.88 Å². The number of anilines is 1. The first-order valence-corrected chi connectivity index (χ1v) is 11.2. The molecule has 1 amide bonds. The number of rotatable bonds is 8. The van der Waals surface area contributed by atoms with Gasteiger partial charge in [-0.2, -0.15) is 10.2 Å². The molecule has 3 aromatic rings. The van der Waals surface area contributed by atoms with Crippen molar-refractivity contribution in [2.75, 3.05) is 37.8 Å². The number of amides is 1. The molecular formula is C24H26N6O3. The average Bonchev–Trinajstić information content (AvgIpc) is 3.72. The highest BCUT2D eigenvalue weighted by molar-refractivity contribution is 5.94. The van der Waals surface area contributed by atoms with Crippen LogP contribution in [0.25, 0.3) is 11.3 Å². The number of carbonyl (C=O) groups is 1. The van der Waals surface area contributed by atoms with Crippen LogP contribution >= 0.6 is 0 Å². The van der Waals surface area contributed by atoms with Gasteiger partial charge in [-0.15, -0.1) is 0 Å². The molecule has 0 radical (unpaired) electrons. The van der Waals surface area contributed by atoms with E-state index in [4.69, 9.17) is 9.47 Å². The van der Waals surface area contributed by atoms with Crippen LogP contribution in [0, 0.1) is 5.92 Å². The Kier molecular flexibility index (Phi) is 6.39. The van der Waals surface area contributed by atoms with Crippen LogP contribution < -0.4 is 15.0 Å². The lowest BCUT2D eigenvalue weighted by Crippen LogP contribution is -2.37. The molecule has 1 aliphatic heterocycles. The molecule has 0 spiro atoms. The highest BCUT2D eigenvalue weighted by atomic mass is 16.5. The van der Waals surface area contributed by atoms with E-state index in [1.807, 2.05) is 24.3 Å². The van der Waals surface area contributed by atoms with Crippen LogP contribution in [0.3, 0.4) is 0 Å². The first kappa shape index (κ1) is 21.3. The standard InChI is InChI=1S/C24H26N6O3/c31-24(27-14-19-2-1-7-25-23(19)30-8-10-32-11-9-30)20-12-21(29-28-15-20)18-5-6-22(26-13-18)33-16-17-3-4-17/h1-2,5-7,12-13,15,17H,3-4,8-11,14,16H2,(H,27,31). The van der Waals surface area contributed by atoms with Gasteiger partial charge in [0.1, 0.15) is 5.82 Å². The SMILES string of the molecule is O=C(NCc1cccnc1N1CCOCC1)c1cnnc(-c2ccc(OCC3CC3)nc2)c1. The van der Waals surface area contributed by atoms with Crippen LogP contribution in [-0.2, 0) is 11.3 Å². The van der Waals surface area contributed by atoms with Gasteiger partial charge in [0.15, 0.2) is 0 Å². The summed E-state index contributed by atoms with van der Waals surface area (Å²) in [6.45, 7) is 4.01. The van der Waals surface area contributed by atoms with Crippen molar-refractivity contribution >= 4 is 11.7 Å². The molecule has 0 unspecified atom stereocenters. The first-order chi connectivity index (χ1) is 16.3. The third-order valence-corrected chi connectivity index (χ3v) is 5.73. The minimum Gasteiger partial charge on any atom is -0.477 e. The van der Waals surface area contributed by atoms with Gasteiger partial charge in [-0.05, 0) is 37.0 Å². The molecular weight excluding hydrogens is 420 g/mol. The van der Waals surface area contributed by atoms with E-state index >= 15 is 0 Å². The fraction of sp³-hybridized carbons (Fsp3) is 0.375. The van der Waals surface area contributed by atoms with E-state index in [0.717, 1.165) is 30.0 Å². The predicted molar refractivity (Wildman–Crippen MR) is 122 cm³/mol. The Bertz CT molecular complexity index is 1100. The van der Waals surface area contributed by atoms with Crippen molar-refractivity contribution in [1.29, 1.82) is 0 Å². The van der Waals surface area contributed by atoms with Crippen LogP contribution in [0.1, 0.15) is 28.8 Å². The van der Waals surface area contributed by atoms with Crippen LogP contribution in [0.4, 0.5) is 5.82 Å². The van der Waals surface area contributed by atoms with Gasteiger partial charge in [0.05, 0.1) is 37.3 Å². The van der Waals surface area contributed by atoms with Crippen molar-refractivity contribution in [3.05, 3.63) is 60.0 Å². The molecule has 0 atom stereocenters. The number of nitrogens with one attached hydrogen (secondary N) is 1. The number of nitrogens with zero attached hydrogens (tertiary/aromatic N) is 5. The molecule has 2 fully saturated rings. The maximum Gasteiger partial charge on any atom is 0.253 e. The monoisotopic (exact) mass is 446 g/mol. The molecule has 0 aromatic carbocycles. The van der Waals surface area contributed by atoms with E-state index in [1.54, 1.807) is 18.5 Å². The van der Waals surface area contributed by atoms with Crippen LogP contribution in [-0.4, -0.2) is 59.0 Å². The van der Waals surface area contributed by atoms with E-state index in [0.29, 0.717) is 49.4 Å². The summed E-state index contributed by atoms with van der Waals surface area (Å²) in [4.78, 5) is 23.9. The van der Waals surface area contributed by atoms with E-state index in [9.17, 15) is 4.79 Å². The molecule has 9 nitrogen and oxygen atoms in total. The third-order valence-electron chi connectivity index (χ3n) is 5.73. The Labute approximate surface area is 192 Å². The van der Waals surface area contributed by atoms with Gasteiger partial charge < -0.3 is 19.7 Å². The molecule has 33 heavy (non-hydrogen) atoms. The number of ether oxygens (including phenoxy) is 2. The number of hydrogen-bond acceptors (Lipinski definition) is 8. The van der Waals surface area contributed by atoms with Crippen molar-refractivity contribution in [3.8, 4) is 17.1 Å². The molecule has 1 N–H and O–H groups in total. The first-order valence-electron chi connectivity index (χ1n) is 11.2. The highest BCUT2D eigenvalue weighted by Crippen LogP contribution is 2.29. The van der Waals surface area contributed by atoms with Gasteiger partial charge in [0, 0.05) is 49.2 Å². The lowest BCUT2D eigenvalue weighted by molar-refractivity contribution is 0.0950. The number of aromatic nitrogens is 4. The van der Waals surface area contributed by atoms with E-state index < -0.39 is 0 Å². The molecule has 1 aliphatic carbocycles. The third kappa shape index (κ3) is 5.43. The summed E-state index contributed by atoms with van der Waals surface area (Å²) in [5.41, 5.74) is 2.75. The normalized spacial score (nSPS) is 15.8. The quantitative estimate of drug-likeness (QED) is 0.563. The number of hydrogen-bond donors (Lipinski definition) is 1. The van der Waals surface area contributed by atoms with E-state index in [-0.39, 0.29) is 5.91 Å². The highest BCUT2D eigenvalue weighted by Gasteiger charge is 2.22. The fourth-order valence-corrected chi connectivity index (χ4v) is 3.64. The van der Waals surface area contributed by atoms with Crippen molar-refractivity contribution in [2.24, 2.45) is 5.92 Å². The molecule has 170 valence electrons. The topological polar surface area (TPSA) is 102 Å². The lowest BCUT2D eigenvalue weighted by atomic mass is 10.1. The van der Waals surface area contributed by atoms with Crippen LogP contribution in [0.5, 0.6) is 5.88 Å². The Balaban J connectivity index is 1.23. The Morgan fingerprint density at radius 2 is 2.03 bits per heavy atom. The van der Waals surface area contributed by atoms with Crippen molar-refractivity contribution in [3.63, 3.8) is 0 Å². The van der Waals surface area contributed by atoms with Gasteiger partial charge >= 0.3 is 0 Å². The van der Waals surface area contributed by atoms with Crippen LogP contribution in [0.15, 0.2) is 48.9 Å². The second kappa shape index (κ2) is 9.91. The van der Waals surface area contributed by atoms with Gasteiger partial charge in [0.25, 0.3) is 5.91 Å². The van der Waals surface area contributed by atoms with Gasteiger partial charge in [-0.1, -0.05) is 6.07 Å². The largest absolute Gasteiger partial charge is 0.477 e. The molecule has 5 rings (SSSR count). The Hall–Kier alpha value is -3.59. The summed E-state index contributed by atoms with van der Waals surface area (Å²) in [7, 11) is 0. The average molecular weight is 447 g/mol. The van der Waals surface area contributed by atoms with Crippen molar-refractivity contribution in [2.45, 2.75) is 19.4 Å². The minimum absolute atomic E-state index is 0.222. The second-order valence-corrected chi connectivity index (χ2v) is 8.24. The number of carbonyl (C=O) groups excluding carboxylic acids is 1. The lowest BCUT2D eigenvalue weighted by Gasteiger charge is -2.29. The number of pyridine rings is 2. The van der Waals surface area contributed by atoms with Gasteiger partial charge in [-0.25, -0.2) is 9.97 Å². The predicted octanol–water partition coefficient (Wildman–Crippen LogP) is 2.49. The summed E-state index contributed by atoms with van der Waals surface area (Å²) in [6.07, 6.45) is 7.39. The molecule has 0 bridgehead atoms. The molecule has 1 saturated heterocycles. The molecule has 4 heterocycles. The van der Waals surface area contributed by atoms with Crippen molar-refractivity contribution in [1.82, 2.24) is 25.5 Å². The molecule has 3 aromatic heterocycles. The van der Waals surface area contributed by atoms with Crippen molar-refractivity contribution < 1.29 is 14.3 Å². The fourth-order valence-electron chi connectivity index (χ4n) is 3.64. The maximum atomic E-state index is 12.8. The molecule has 9 heteroatoms. The zero-order chi connectivity index (χ0) is 22.5.